The fourth-order valence-corrected chi connectivity index (χ4v) is 0.118. The van der Waals surface area contributed by atoms with Crippen molar-refractivity contribution in [2.45, 2.75) is 0 Å². The van der Waals surface area contributed by atoms with Crippen LogP contribution in [0.4, 0.5) is 0 Å². The fourth-order valence-electron chi connectivity index (χ4n) is 0.118. The Balaban J connectivity index is 0. The van der Waals surface area contributed by atoms with E-state index in [0.717, 1.165) is 0 Å². The third-order valence-electron chi connectivity index (χ3n) is 0.236. The SMILES string of the molecule is COCOC.[Ca]. The molecule has 0 spiro atoms. The van der Waals surface area contributed by atoms with E-state index in [4.69, 9.17) is 0 Å². The first-order valence-corrected chi connectivity index (χ1v) is 1.39. The Morgan fingerprint density at radius 2 is 1.50 bits per heavy atom. The van der Waals surface area contributed by atoms with Gasteiger partial charge < -0.3 is 9.47 Å². The van der Waals surface area contributed by atoms with E-state index >= 15 is 0 Å². The minimum Gasteiger partial charge on any atom is -0.359 e. The molecule has 6 heavy (non-hydrogen) atoms. The summed E-state index contributed by atoms with van der Waals surface area (Å²) in [6.45, 7) is 0.389. The van der Waals surface area contributed by atoms with Gasteiger partial charge in [-0.25, -0.2) is 0 Å². The maximum atomic E-state index is 4.47. The molecule has 2 radical (unpaired) electrons. The van der Waals surface area contributed by atoms with Gasteiger partial charge >= 0.3 is 0 Å². The summed E-state index contributed by atoms with van der Waals surface area (Å²) in [4.78, 5) is 0. The van der Waals surface area contributed by atoms with Crippen LogP contribution >= 0.6 is 0 Å². The van der Waals surface area contributed by atoms with Gasteiger partial charge in [0.05, 0.1) is 0 Å². The zero-order chi connectivity index (χ0) is 4.12. The van der Waals surface area contributed by atoms with Gasteiger partial charge in [0, 0.05) is 52.0 Å². The van der Waals surface area contributed by atoms with E-state index in [0.29, 0.717) is 6.79 Å². The maximum Gasteiger partial charge on any atom is 0.145 e. The molecule has 0 aromatic carbocycles. The van der Waals surface area contributed by atoms with E-state index < -0.39 is 0 Å². The Morgan fingerprint density at radius 3 is 1.50 bits per heavy atom. The molecule has 0 aromatic rings. The summed E-state index contributed by atoms with van der Waals surface area (Å²) in [7, 11) is 3.17. The van der Waals surface area contributed by atoms with E-state index in [1.807, 2.05) is 0 Å². The summed E-state index contributed by atoms with van der Waals surface area (Å²) in [5, 5.41) is 0. The van der Waals surface area contributed by atoms with Crippen molar-refractivity contribution in [2.24, 2.45) is 0 Å². The molecule has 2 nitrogen and oxygen atoms in total. The molecule has 0 fully saturated rings. The van der Waals surface area contributed by atoms with Gasteiger partial charge in [0.1, 0.15) is 6.79 Å². The quantitative estimate of drug-likeness (QED) is 0.369. The number of hydrogen-bond acceptors (Lipinski definition) is 2. The molecule has 0 atom stereocenters. The zero-order valence-corrected chi connectivity index (χ0v) is 6.44. The van der Waals surface area contributed by atoms with Crippen molar-refractivity contribution < 1.29 is 9.47 Å². The van der Waals surface area contributed by atoms with Crippen molar-refractivity contribution in [2.75, 3.05) is 21.0 Å². The topological polar surface area (TPSA) is 18.5 Å². The summed E-state index contributed by atoms with van der Waals surface area (Å²) >= 11 is 0. The average Bonchev–Trinajstić information content (AvgIpc) is 1.41. The molecule has 0 aromatic heterocycles. The summed E-state index contributed by atoms with van der Waals surface area (Å²) < 4.78 is 8.94. The molecule has 0 amide bonds. The molecule has 34 valence electrons. The van der Waals surface area contributed by atoms with Gasteiger partial charge in [-0.15, -0.1) is 0 Å². The first-order valence-electron chi connectivity index (χ1n) is 1.39. The van der Waals surface area contributed by atoms with E-state index in [9.17, 15) is 0 Å². The Kier molecular flexibility index (Phi) is 16.2. The fraction of sp³-hybridized carbons (Fsp3) is 1.00. The van der Waals surface area contributed by atoms with Crippen LogP contribution in [-0.2, 0) is 9.47 Å². The van der Waals surface area contributed by atoms with Gasteiger partial charge in [-0.3, -0.25) is 0 Å². The Morgan fingerprint density at radius 1 is 1.17 bits per heavy atom. The molecule has 0 saturated carbocycles. The van der Waals surface area contributed by atoms with Crippen molar-refractivity contribution in [3.8, 4) is 0 Å². The van der Waals surface area contributed by atoms with E-state index in [1.165, 1.54) is 0 Å². The molecule has 0 aliphatic heterocycles. The van der Waals surface area contributed by atoms with Crippen LogP contribution < -0.4 is 0 Å². The summed E-state index contributed by atoms with van der Waals surface area (Å²) in [6.07, 6.45) is 0. The third-order valence-corrected chi connectivity index (χ3v) is 0.236. The van der Waals surface area contributed by atoms with Crippen molar-refractivity contribution in [1.29, 1.82) is 0 Å². The first kappa shape index (κ1) is 10.2. The molecular formula is C3H8CaO2. The van der Waals surface area contributed by atoms with E-state index in [1.54, 1.807) is 14.2 Å². The number of methoxy groups -OCH3 is 2. The monoisotopic (exact) mass is 116 g/mol. The van der Waals surface area contributed by atoms with Crippen molar-refractivity contribution in [3.63, 3.8) is 0 Å². The predicted octanol–water partition coefficient (Wildman–Crippen LogP) is -0.144. The van der Waals surface area contributed by atoms with Crippen LogP contribution in [0.15, 0.2) is 0 Å². The number of hydrogen-bond donors (Lipinski definition) is 0. The van der Waals surface area contributed by atoms with Crippen LogP contribution in [0.1, 0.15) is 0 Å². The molecule has 0 N–H and O–H groups in total. The van der Waals surface area contributed by atoms with Gasteiger partial charge in [-0.1, -0.05) is 0 Å². The second kappa shape index (κ2) is 9.49. The van der Waals surface area contributed by atoms with Crippen LogP contribution in [-0.4, -0.2) is 58.8 Å². The Bertz CT molecular complexity index is 16.3. The number of rotatable bonds is 2. The molecule has 0 saturated heterocycles. The van der Waals surface area contributed by atoms with E-state index in [2.05, 4.69) is 9.47 Å². The molecule has 0 heterocycles. The third kappa shape index (κ3) is 8.95. The van der Waals surface area contributed by atoms with Crippen molar-refractivity contribution >= 4 is 37.7 Å². The second-order valence-electron chi connectivity index (χ2n) is 0.695. The van der Waals surface area contributed by atoms with E-state index in [-0.39, 0.29) is 37.7 Å². The van der Waals surface area contributed by atoms with Gasteiger partial charge in [0.15, 0.2) is 0 Å². The standard InChI is InChI=1S/C3H8O2.Ca/c1-4-3-5-2;/h3H2,1-2H3;. The van der Waals surface area contributed by atoms with Gasteiger partial charge in [-0.05, 0) is 0 Å². The van der Waals surface area contributed by atoms with Gasteiger partial charge in [0.25, 0.3) is 0 Å². The normalized spacial score (nSPS) is 7.00. The molecule has 0 rings (SSSR count). The van der Waals surface area contributed by atoms with Crippen LogP contribution in [0.2, 0.25) is 0 Å². The molecule has 0 unspecified atom stereocenters. The average molecular weight is 116 g/mol. The molecular weight excluding hydrogens is 108 g/mol. The van der Waals surface area contributed by atoms with Crippen molar-refractivity contribution in [1.82, 2.24) is 0 Å². The van der Waals surface area contributed by atoms with Gasteiger partial charge in [-0.2, -0.15) is 0 Å². The summed E-state index contributed by atoms with van der Waals surface area (Å²) in [5.74, 6) is 0. The van der Waals surface area contributed by atoms with Crippen molar-refractivity contribution in [3.05, 3.63) is 0 Å². The van der Waals surface area contributed by atoms with Gasteiger partial charge in [0.2, 0.25) is 0 Å². The largest absolute Gasteiger partial charge is 0.359 e. The van der Waals surface area contributed by atoms with Crippen LogP contribution in [0, 0.1) is 0 Å². The summed E-state index contributed by atoms with van der Waals surface area (Å²) in [6, 6.07) is 0. The van der Waals surface area contributed by atoms with Crippen LogP contribution in [0.25, 0.3) is 0 Å². The molecule has 0 aliphatic rings. The summed E-state index contributed by atoms with van der Waals surface area (Å²) in [5.41, 5.74) is 0. The molecule has 0 bridgehead atoms. The minimum atomic E-state index is 0. The predicted molar refractivity (Wildman–Crippen MR) is 24.6 cm³/mol. The molecule has 3 heteroatoms. The second-order valence-corrected chi connectivity index (χ2v) is 0.695. The first-order chi connectivity index (χ1) is 2.41. The number of ether oxygens (including phenoxy) is 2. The smallest absolute Gasteiger partial charge is 0.145 e. The Labute approximate surface area is 67.8 Å². The minimum absolute atomic E-state index is 0. The zero-order valence-electron chi connectivity index (χ0n) is 4.23. The maximum absolute atomic E-state index is 4.47. The molecule has 0 aliphatic carbocycles. The van der Waals surface area contributed by atoms with Crippen LogP contribution in [0.5, 0.6) is 0 Å². The Hall–Kier alpha value is 1.18. The van der Waals surface area contributed by atoms with Crippen LogP contribution in [0.3, 0.4) is 0 Å².